The average molecular weight is 547 g/mol. The molecule has 0 fully saturated rings. The zero-order valence-electron chi connectivity index (χ0n) is 15.5. The Bertz CT molecular complexity index is 1140. The van der Waals surface area contributed by atoms with E-state index in [0.717, 1.165) is 14.5 Å². The summed E-state index contributed by atoms with van der Waals surface area (Å²) in [6.45, 7) is 0.423. The molecule has 0 aliphatic heterocycles. The standard InChI is InChI=1S/C23H15Br2ClN2O2/c24-18-7-4-15(5-8-18)14-30-22-9-6-16(11-21(22)25)10-17(13-27)23(29)28-20-3-1-2-19(26)12-20/h1-12H,14H2,(H,28,29)/b17-10+. The van der Waals surface area contributed by atoms with Crippen molar-refractivity contribution in [3.8, 4) is 11.8 Å². The summed E-state index contributed by atoms with van der Waals surface area (Å²) >= 11 is 12.8. The van der Waals surface area contributed by atoms with Gasteiger partial charge in [-0.05, 0) is 75.6 Å². The third-order valence-electron chi connectivity index (χ3n) is 4.02. The second-order valence-electron chi connectivity index (χ2n) is 6.24. The van der Waals surface area contributed by atoms with E-state index in [0.29, 0.717) is 28.6 Å². The highest BCUT2D eigenvalue weighted by Gasteiger charge is 2.11. The number of anilines is 1. The Morgan fingerprint density at radius 3 is 2.53 bits per heavy atom. The van der Waals surface area contributed by atoms with Crippen LogP contribution in [0.15, 0.2) is 81.2 Å². The topological polar surface area (TPSA) is 62.1 Å². The molecule has 150 valence electrons. The fourth-order valence-electron chi connectivity index (χ4n) is 2.55. The second-order valence-corrected chi connectivity index (χ2v) is 8.45. The van der Waals surface area contributed by atoms with Crippen molar-refractivity contribution >= 4 is 61.1 Å². The molecule has 0 aliphatic carbocycles. The maximum Gasteiger partial charge on any atom is 0.266 e. The van der Waals surface area contributed by atoms with E-state index < -0.39 is 5.91 Å². The molecule has 3 rings (SSSR count). The van der Waals surface area contributed by atoms with E-state index in [1.165, 1.54) is 6.08 Å². The number of rotatable bonds is 6. The molecule has 0 unspecified atom stereocenters. The van der Waals surface area contributed by atoms with Crippen LogP contribution in [0.25, 0.3) is 6.08 Å². The van der Waals surface area contributed by atoms with Crippen molar-refractivity contribution in [2.45, 2.75) is 6.61 Å². The molecule has 0 bridgehead atoms. The predicted octanol–water partition coefficient (Wildman–Crippen LogP) is 6.99. The van der Waals surface area contributed by atoms with Gasteiger partial charge in [-0.1, -0.05) is 51.8 Å². The number of hydrogen-bond acceptors (Lipinski definition) is 3. The molecule has 3 aromatic carbocycles. The zero-order valence-corrected chi connectivity index (χ0v) is 19.5. The molecular weight excluding hydrogens is 532 g/mol. The molecule has 0 aromatic heterocycles. The van der Waals surface area contributed by atoms with Gasteiger partial charge in [-0.2, -0.15) is 5.26 Å². The van der Waals surface area contributed by atoms with E-state index in [1.54, 1.807) is 42.5 Å². The number of amides is 1. The molecule has 0 heterocycles. The van der Waals surface area contributed by atoms with Gasteiger partial charge in [-0.15, -0.1) is 0 Å². The number of nitrogens with one attached hydrogen (secondary N) is 1. The van der Waals surface area contributed by atoms with Gasteiger partial charge in [-0.3, -0.25) is 4.79 Å². The van der Waals surface area contributed by atoms with Gasteiger partial charge in [-0.25, -0.2) is 0 Å². The maximum atomic E-state index is 12.4. The number of nitrogens with zero attached hydrogens (tertiary/aromatic N) is 1. The minimum Gasteiger partial charge on any atom is -0.488 e. The first-order valence-corrected chi connectivity index (χ1v) is 10.8. The highest BCUT2D eigenvalue weighted by Crippen LogP contribution is 2.28. The molecular formula is C23H15Br2ClN2O2. The molecule has 0 saturated heterocycles. The lowest BCUT2D eigenvalue weighted by molar-refractivity contribution is -0.112. The first-order valence-electron chi connectivity index (χ1n) is 8.80. The van der Waals surface area contributed by atoms with Crippen LogP contribution in [-0.4, -0.2) is 5.91 Å². The van der Waals surface area contributed by atoms with Gasteiger partial charge in [0.1, 0.15) is 24.0 Å². The van der Waals surface area contributed by atoms with Crippen molar-refractivity contribution in [1.82, 2.24) is 0 Å². The van der Waals surface area contributed by atoms with Crippen molar-refractivity contribution in [2.75, 3.05) is 5.32 Å². The summed E-state index contributed by atoms with van der Waals surface area (Å²) in [6.07, 6.45) is 1.52. The highest BCUT2D eigenvalue weighted by atomic mass is 79.9. The summed E-state index contributed by atoms with van der Waals surface area (Å²) in [7, 11) is 0. The van der Waals surface area contributed by atoms with Crippen molar-refractivity contribution < 1.29 is 9.53 Å². The van der Waals surface area contributed by atoms with Crippen LogP contribution in [0.2, 0.25) is 5.02 Å². The van der Waals surface area contributed by atoms with Gasteiger partial charge in [0.15, 0.2) is 0 Å². The summed E-state index contributed by atoms with van der Waals surface area (Å²) in [5.74, 6) is 0.156. The third kappa shape index (κ3) is 6.20. The Morgan fingerprint density at radius 2 is 1.87 bits per heavy atom. The van der Waals surface area contributed by atoms with E-state index >= 15 is 0 Å². The number of ether oxygens (including phenoxy) is 1. The smallest absolute Gasteiger partial charge is 0.266 e. The van der Waals surface area contributed by atoms with Crippen LogP contribution in [0, 0.1) is 11.3 Å². The van der Waals surface area contributed by atoms with Gasteiger partial charge in [0.25, 0.3) is 5.91 Å². The van der Waals surface area contributed by atoms with Crippen LogP contribution in [0.3, 0.4) is 0 Å². The number of halogens is 3. The van der Waals surface area contributed by atoms with Crippen LogP contribution in [-0.2, 0) is 11.4 Å². The van der Waals surface area contributed by atoms with Gasteiger partial charge in [0.2, 0.25) is 0 Å². The van der Waals surface area contributed by atoms with Crippen molar-refractivity contribution in [3.63, 3.8) is 0 Å². The van der Waals surface area contributed by atoms with Crippen LogP contribution >= 0.6 is 43.5 Å². The van der Waals surface area contributed by atoms with Crippen LogP contribution in [0.4, 0.5) is 5.69 Å². The van der Waals surface area contributed by atoms with E-state index in [1.807, 2.05) is 30.3 Å². The Morgan fingerprint density at radius 1 is 1.10 bits per heavy atom. The van der Waals surface area contributed by atoms with E-state index in [9.17, 15) is 10.1 Å². The maximum absolute atomic E-state index is 12.4. The van der Waals surface area contributed by atoms with Crippen LogP contribution in [0.5, 0.6) is 5.75 Å². The van der Waals surface area contributed by atoms with Crippen LogP contribution < -0.4 is 10.1 Å². The summed E-state index contributed by atoms with van der Waals surface area (Å²) in [6, 6.07) is 21.9. The van der Waals surface area contributed by atoms with Crippen molar-refractivity contribution in [3.05, 3.63) is 97.4 Å². The molecule has 1 N–H and O–H groups in total. The minimum absolute atomic E-state index is 0.0228. The van der Waals surface area contributed by atoms with E-state index in [2.05, 4.69) is 37.2 Å². The third-order valence-corrected chi connectivity index (χ3v) is 5.41. The Kier molecular flexibility index (Phi) is 7.69. The molecule has 7 heteroatoms. The first kappa shape index (κ1) is 22.1. The molecule has 0 aliphatic rings. The molecule has 4 nitrogen and oxygen atoms in total. The van der Waals surface area contributed by atoms with Gasteiger partial charge >= 0.3 is 0 Å². The van der Waals surface area contributed by atoms with Gasteiger partial charge in [0, 0.05) is 15.2 Å². The van der Waals surface area contributed by atoms with E-state index in [-0.39, 0.29) is 5.57 Å². The fraction of sp³-hybridized carbons (Fsp3) is 0.0435. The molecule has 0 saturated carbocycles. The average Bonchev–Trinajstić information content (AvgIpc) is 2.72. The minimum atomic E-state index is -0.508. The van der Waals surface area contributed by atoms with Gasteiger partial charge in [0.05, 0.1) is 4.47 Å². The lowest BCUT2D eigenvalue weighted by atomic mass is 10.1. The molecule has 0 radical (unpaired) electrons. The summed E-state index contributed by atoms with van der Waals surface area (Å²) < 4.78 is 7.58. The summed E-state index contributed by atoms with van der Waals surface area (Å²) in [4.78, 5) is 12.4. The Labute approximate surface area is 196 Å². The highest BCUT2D eigenvalue weighted by molar-refractivity contribution is 9.10. The molecule has 1 amide bonds. The Hall–Kier alpha value is -2.59. The summed E-state index contributed by atoms with van der Waals surface area (Å²) in [5.41, 5.74) is 2.23. The number of nitriles is 1. The number of benzene rings is 3. The lowest BCUT2D eigenvalue weighted by Gasteiger charge is -2.09. The quantitative estimate of drug-likeness (QED) is 0.268. The van der Waals surface area contributed by atoms with E-state index in [4.69, 9.17) is 16.3 Å². The van der Waals surface area contributed by atoms with Gasteiger partial charge < -0.3 is 10.1 Å². The zero-order chi connectivity index (χ0) is 21.5. The van der Waals surface area contributed by atoms with Crippen LogP contribution in [0.1, 0.15) is 11.1 Å². The molecule has 3 aromatic rings. The monoisotopic (exact) mass is 544 g/mol. The van der Waals surface area contributed by atoms with Crippen molar-refractivity contribution in [1.29, 1.82) is 5.26 Å². The molecule has 0 spiro atoms. The first-order chi connectivity index (χ1) is 14.4. The normalized spacial score (nSPS) is 10.9. The predicted molar refractivity (Wildman–Crippen MR) is 126 cm³/mol. The largest absolute Gasteiger partial charge is 0.488 e. The summed E-state index contributed by atoms with van der Waals surface area (Å²) in [5, 5.41) is 12.6. The number of carbonyl (C=O) groups is 1. The SMILES string of the molecule is N#C/C(=C\c1ccc(OCc2ccc(Br)cc2)c(Br)c1)C(=O)Nc1cccc(Cl)c1. The molecule has 0 atom stereocenters. The second kappa shape index (κ2) is 10.4. The fourth-order valence-corrected chi connectivity index (χ4v) is 3.51. The number of carbonyl (C=O) groups excluding carboxylic acids is 1. The molecule has 30 heavy (non-hydrogen) atoms. The number of hydrogen-bond donors (Lipinski definition) is 1. The van der Waals surface area contributed by atoms with Crippen molar-refractivity contribution in [2.24, 2.45) is 0 Å². The Balaban J connectivity index is 1.70. The lowest BCUT2D eigenvalue weighted by Crippen LogP contribution is -2.13.